The summed E-state index contributed by atoms with van der Waals surface area (Å²) >= 11 is 6.24. The summed E-state index contributed by atoms with van der Waals surface area (Å²) in [4.78, 5) is 12.0. The Bertz CT molecular complexity index is 676. The van der Waals surface area contributed by atoms with E-state index in [0.717, 1.165) is 5.56 Å². The molecule has 0 unspecified atom stereocenters. The van der Waals surface area contributed by atoms with Crippen molar-refractivity contribution in [2.24, 2.45) is 0 Å². The number of halogens is 1. The molecule has 2 rings (SSSR count). The molecule has 128 valence electrons. The Kier molecular flexibility index (Phi) is 6.90. The van der Waals surface area contributed by atoms with Crippen molar-refractivity contribution < 1.29 is 19.0 Å². The summed E-state index contributed by atoms with van der Waals surface area (Å²) in [5, 5.41) is 3.18. The highest BCUT2D eigenvalue weighted by molar-refractivity contribution is 6.32. The van der Waals surface area contributed by atoms with Gasteiger partial charge in [-0.3, -0.25) is 4.79 Å². The lowest BCUT2D eigenvalue weighted by Crippen LogP contribution is -2.20. The fourth-order valence-electron chi connectivity index (χ4n) is 2.15. The average Bonchev–Trinajstić information content (AvgIpc) is 2.57. The Morgan fingerprint density at radius 1 is 1.17 bits per heavy atom. The summed E-state index contributed by atoms with van der Waals surface area (Å²) in [6, 6.07) is 12.6. The predicted octanol–water partition coefficient (Wildman–Crippen LogP) is 3.90. The number of para-hydroxylation sites is 1. The number of hydrogen-bond acceptors (Lipinski definition) is 4. The molecule has 2 aromatic rings. The number of amides is 1. The first-order valence-electron chi connectivity index (χ1n) is 7.56. The fourth-order valence-corrected chi connectivity index (χ4v) is 2.45. The van der Waals surface area contributed by atoms with Crippen molar-refractivity contribution in [3.63, 3.8) is 0 Å². The number of anilines is 1. The molecular weight excluding hydrogens is 330 g/mol. The van der Waals surface area contributed by atoms with Crippen molar-refractivity contribution in [3.8, 4) is 11.5 Å². The van der Waals surface area contributed by atoms with Gasteiger partial charge in [-0.25, -0.2) is 0 Å². The second kappa shape index (κ2) is 9.15. The van der Waals surface area contributed by atoms with Crippen LogP contribution in [0.25, 0.3) is 0 Å². The van der Waals surface area contributed by atoms with E-state index in [1.54, 1.807) is 31.4 Å². The van der Waals surface area contributed by atoms with E-state index in [0.29, 0.717) is 35.4 Å². The van der Waals surface area contributed by atoms with Crippen LogP contribution in [0.15, 0.2) is 42.5 Å². The minimum absolute atomic E-state index is 0.0888. The van der Waals surface area contributed by atoms with Crippen molar-refractivity contribution >= 4 is 23.2 Å². The topological polar surface area (TPSA) is 56.8 Å². The van der Waals surface area contributed by atoms with Gasteiger partial charge in [-0.15, -0.1) is 0 Å². The van der Waals surface area contributed by atoms with Crippen molar-refractivity contribution in [2.75, 3.05) is 25.6 Å². The maximum atomic E-state index is 12.0. The van der Waals surface area contributed by atoms with Crippen LogP contribution in [0.3, 0.4) is 0 Å². The second-order valence-corrected chi connectivity index (χ2v) is 5.37. The van der Waals surface area contributed by atoms with E-state index >= 15 is 0 Å². The summed E-state index contributed by atoms with van der Waals surface area (Å²) < 4.78 is 16.1. The van der Waals surface area contributed by atoms with Crippen molar-refractivity contribution in [1.82, 2.24) is 0 Å². The fraction of sp³-hybridized carbons (Fsp3) is 0.278. The van der Waals surface area contributed by atoms with Crippen LogP contribution >= 0.6 is 11.6 Å². The van der Waals surface area contributed by atoms with E-state index in [4.69, 9.17) is 25.8 Å². The molecule has 24 heavy (non-hydrogen) atoms. The Morgan fingerprint density at radius 2 is 1.92 bits per heavy atom. The third-order valence-electron chi connectivity index (χ3n) is 3.11. The van der Waals surface area contributed by atoms with E-state index in [1.165, 1.54) is 0 Å². The normalized spacial score (nSPS) is 10.3. The molecule has 0 saturated heterocycles. The van der Waals surface area contributed by atoms with E-state index in [9.17, 15) is 4.79 Å². The summed E-state index contributed by atoms with van der Waals surface area (Å²) in [6.07, 6.45) is 0. The van der Waals surface area contributed by atoms with E-state index in [2.05, 4.69) is 5.32 Å². The van der Waals surface area contributed by atoms with Gasteiger partial charge in [0.05, 0.1) is 18.2 Å². The number of ether oxygens (including phenoxy) is 3. The number of rotatable bonds is 8. The molecule has 0 spiro atoms. The molecule has 6 heteroatoms. The highest BCUT2D eigenvalue weighted by Gasteiger charge is 2.13. The minimum Gasteiger partial charge on any atom is -0.492 e. The van der Waals surface area contributed by atoms with Gasteiger partial charge >= 0.3 is 0 Å². The molecule has 0 saturated carbocycles. The van der Waals surface area contributed by atoms with Gasteiger partial charge in [0, 0.05) is 18.4 Å². The van der Waals surface area contributed by atoms with Crippen molar-refractivity contribution in [2.45, 2.75) is 13.5 Å². The molecule has 0 aliphatic rings. The first-order valence-corrected chi connectivity index (χ1v) is 7.93. The van der Waals surface area contributed by atoms with Gasteiger partial charge in [0.2, 0.25) is 0 Å². The molecule has 0 radical (unpaired) electrons. The molecule has 0 bridgehead atoms. The Balaban J connectivity index is 2.04. The van der Waals surface area contributed by atoms with E-state index < -0.39 is 0 Å². The first kappa shape index (κ1) is 18.1. The van der Waals surface area contributed by atoms with Crippen LogP contribution in [-0.4, -0.2) is 26.2 Å². The smallest absolute Gasteiger partial charge is 0.262 e. The van der Waals surface area contributed by atoms with Crippen LogP contribution in [0, 0.1) is 0 Å². The van der Waals surface area contributed by atoms with Gasteiger partial charge in [0.15, 0.2) is 6.61 Å². The van der Waals surface area contributed by atoms with Crippen LogP contribution in [0.4, 0.5) is 5.69 Å². The lowest BCUT2D eigenvalue weighted by Gasteiger charge is -2.14. The number of methoxy groups -OCH3 is 1. The lowest BCUT2D eigenvalue weighted by molar-refractivity contribution is -0.118. The molecule has 0 aliphatic carbocycles. The Morgan fingerprint density at radius 3 is 2.58 bits per heavy atom. The van der Waals surface area contributed by atoms with E-state index in [-0.39, 0.29) is 12.5 Å². The van der Waals surface area contributed by atoms with Gasteiger partial charge in [-0.1, -0.05) is 29.8 Å². The van der Waals surface area contributed by atoms with Gasteiger partial charge in [0.1, 0.15) is 11.5 Å². The van der Waals surface area contributed by atoms with Crippen molar-refractivity contribution in [3.05, 3.63) is 53.1 Å². The SMILES string of the molecule is CCOc1c(Cl)cc(NC(=O)COc2ccccc2)cc1COC. The predicted molar refractivity (Wildman–Crippen MR) is 93.9 cm³/mol. The first-order chi connectivity index (χ1) is 11.6. The molecule has 1 N–H and O–H groups in total. The molecule has 2 aromatic carbocycles. The Labute approximate surface area is 146 Å². The highest BCUT2D eigenvalue weighted by atomic mass is 35.5. The Hall–Kier alpha value is -2.24. The van der Waals surface area contributed by atoms with Gasteiger partial charge in [-0.2, -0.15) is 0 Å². The third kappa shape index (κ3) is 5.15. The number of carbonyl (C=O) groups excluding carboxylic acids is 1. The van der Waals surface area contributed by atoms with Crippen LogP contribution in [0.2, 0.25) is 5.02 Å². The molecule has 0 aliphatic heterocycles. The molecule has 0 heterocycles. The maximum absolute atomic E-state index is 12.0. The molecule has 5 nitrogen and oxygen atoms in total. The molecule has 0 aromatic heterocycles. The minimum atomic E-state index is -0.276. The number of benzene rings is 2. The van der Waals surface area contributed by atoms with Crippen LogP contribution in [0.1, 0.15) is 12.5 Å². The third-order valence-corrected chi connectivity index (χ3v) is 3.39. The zero-order valence-corrected chi connectivity index (χ0v) is 14.4. The van der Waals surface area contributed by atoms with Crippen LogP contribution in [-0.2, 0) is 16.1 Å². The van der Waals surface area contributed by atoms with Crippen molar-refractivity contribution in [1.29, 1.82) is 0 Å². The monoisotopic (exact) mass is 349 g/mol. The zero-order valence-electron chi connectivity index (χ0n) is 13.7. The number of hydrogen-bond donors (Lipinski definition) is 1. The molecule has 0 atom stereocenters. The highest BCUT2D eigenvalue weighted by Crippen LogP contribution is 2.33. The number of carbonyl (C=O) groups is 1. The summed E-state index contributed by atoms with van der Waals surface area (Å²) in [6.45, 7) is 2.62. The quantitative estimate of drug-likeness (QED) is 0.785. The van der Waals surface area contributed by atoms with Gasteiger partial charge in [-0.05, 0) is 31.2 Å². The largest absolute Gasteiger partial charge is 0.492 e. The maximum Gasteiger partial charge on any atom is 0.262 e. The zero-order chi connectivity index (χ0) is 17.4. The van der Waals surface area contributed by atoms with Gasteiger partial charge in [0.25, 0.3) is 5.91 Å². The molecular formula is C18H20ClNO4. The molecule has 0 fully saturated rings. The lowest BCUT2D eigenvalue weighted by atomic mass is 10.2. The van der Waals surface area contributed by atoms with Crippen LogP contribution < -0.4 is 14.8 Å². The number of nitrogens with one attached hydrogen (secondary N) is 1. The van der Waals surface area contributed by atoms with Gasteiger partial charge < -0.3 is 19.5 Å². The van der Waals surface area contributed by atoms with E-state index in [1.807, 2.05) is 25.1 Å². The van der Waals surface area contributed by atoms with Crippen LogP contribution in [0.5, 0.6) is 11.5 Å². The summed E-state index contributed by atoms with van der Waals surface area (Å²) in [5.41, 5.74) is 1.34. The second-order valence-electron chi connectivity index (χ2n) is 4.96. The summed E-state index contributed by atoms with van der Waals surface area (Å²) in [5.74, 6) is 0.930. The molecule has 1 amide bonds. The standard InChI is InChI=1S/C18H20ClNO4/c1-3-23-18-13(11-22-2)9-14(10-16(18)19)20-17(21)12-24-15-7-5-4-6-8-15/h4-10H,3,11-12H2,1-2H3,(H,20,21). The summed E-state index contributed by atoms with van der Waals surface area (Å²) in [7, 11) is 1.59. The average molecular weight is 350 g/mol.